The first-order chi connectivity index (χ1) is 47.7. The third kappa shape index (κ3) is 15.7. The largest absolute Gasteiger partial charge is 0.493 e. The molecule has 5 heterocycles. The molecule has 5 aliphatic heterocycles. The van der Waals surface area contributed by atoms with Gasteiger partial charge in [0.1, 0.15) is 12.4 Å². The minimum Gasteiger partial charge on any atom is -0.493 e. The number of hydrogen-bond acceptors (Lipinski definition) is 16. The molecule has 12 rings (SSSR count). The van der Waals surface area contributed by atoms with Gasteiger partial charge < -0.3 is 54.1 Å². The maximum Gasteiger partial charge on any atom is 0.416 e. The number of ketones is 3. The normalized spacial score (nSPS) is 19.0. The van der Waals surface area contributed by atoms with Crippen molar-refractivity contribution in [2.45, 2.75) is 155 Å². The van der Waals surface area contributed by atoms with E-state index < -0.39 is 47.9 Å². The summed E-state index contributed by atoms with van der Waals surface area (Å²) in [5.74, 6) is 4.12. The van der Waals surface area contributed by atoms with E-state index in [0.29, 0.717) is 90.5 Å². The monoisotopic (exact) mass is 1350 g/mol. The number of ether oxygens (including phenoxy) is 5. The maximum atomic E-state index is 14.5. The highest BCUT2D eigenvalue weighted by Crippen LogP contribution is 2.58. The summed E-state index contributed by atoms with van der Waals surface area (Å²) in [6.45, 7) is 6.67. The summed E-state index contributed by atoms with van der Waals surface area (Å²) < 4.78 is 29.8. The molecule has 2 spiro atoms. The van der Waals surface area contributed by atoms with Crippen molar-refractivity contribution >= 4 is 76.3 Å². The molecular formula is C77H85N7O15. The summed E-state index contributed by atoms with van der Waals surface area (Å²) in [7, 11) is 3.02. The molecule has 2 aliphatic carbocycles. The van der Waals surface area contributed by atoms with Gasteiger partial charge in [0.05, 0.1) is 86.8 Å². The number of carbonyl (C=O) groups is 9. The Bertz CT molecular complexity index is 4090. The number of aliphatic hydroxyl groups is 1. The third-order valence-electron chi connectivity index (χ3n) is 20.4. The van der Waals surface area contributed by atoms with Crippen LogP contribution in [-0.4, -0.2) is 146 Å². The Balaban J connectivity index is 0.590. The minimum atomic E-state index is -1.45. The minimum absolute atomic E-state index is 0.0121. The number of unbranched alkanes of at least 4 members (excludes halogenated alkanes) is 2. The summed E-state index contributed by atoms with van der Waals surface area (Å²) in [5, 5.41) is 17.5. The van der Waals surface area contributed by atoms with Gasteiger partial charge >= 0.3 is 6.09 Å². The Morgan fingerprint density at radius 3 is 2.01 bits per heavy atom. The summed E-state index contributed by atoms with van der Waals surface area (Å²) in [5.41, 5.74) is 5.71. The summed E-state index contributed by atoms with van der Waals surface area (Å²) in [6.07, 6.45) is 6.42. The topological polar surface area (TPSA) is 269 Å². The highest BCUT2D eigenvalue weighted by molar-refractivity contribution is 6.07. The predicted molar refractivity (Wildman–Crippen MR) is 367 cm³/mol. The zero-order chi connectivity index (χ0) is 69.7. The van der Waals surface area contributed by atoms with Crippen LogP contribution in [0.25, 0.3) is 0 Å². The van der Waals surface area contributed by atoms with Crippen LogP contribution in [0, 0.1) is 34.5 Å². The number of amides is 6. The number of carbonyl (C=O) groups excluding carboxylic acids is 9. The number of para-hydroxylation sites is 1. The second-order valence-corrected chi connectivity index (χ2v) is 27.8. The van der Waals surface area contributed by atoms with Crippen LogP contribution in [0.3, 0.4) is 0 Å². The summed E-state index contributed by atoms with van der Waals surface area (Å²) >= 11 is 0. The van der Waals surface area contributed by atoms with Gasteiger partial charge in [-0.3, -0.25) is 43.3 Å². The van der Waals surface area contributed by atoms with Gasteiger partial charge in [-0.15, -0.1) is 0 Å². The molecule has 518 valence electrons. The third-order valence-corrected chi connectivity index (χ3v) is 20.4. The second-order valence-electron chi connectivity index (χ2n) is 27.8. The number of nitrogens with one attached hydrogen (secondary N) is 2. The van der Waals surface area contributed by atoms with E-state index in [2.05, 4.69) is 22.5 Å². The van der Waals surface area contributed by atoms with Crippen LogP contribution >= 0.6 is 0 Å². The second kappa shape index (κ2) is 29.7. The molecule has 7 aliphatic rings. The van der Waals surface area contributed by atoms with Gasteiger partial charge in [-0.2, -0.15) is 0 Å². The van der Waals surface area contributed by atoms with Crippen molar-refractivity contribution < 1.29 is 71.9 Å². The van der Waals surface area contributed by atoms with Gasteiger partial charge in [0.2, 0.25) is 17.7 Å². The first kappa shape index (κ1) is 69.0. The summed E-state index contributed by atoms with van der Waals surface area (Å²) in [4.78, 5) is 133. The molecule has 4 fully saturated rings. The molecule has 0 aromatic heterocycles. The Kier molecular flexibility index (Phi) is 20.7. The fraction of sp³-hybridized carbons (Fsp3) is 0.455. The first-order valence-corrected chi connectivity index (χ1v) is 34.4. The molecule has 0 bridgehead atoms. The van der Waals surface area contributed by atoms with Crippen LogP contribution in [0.2, 0.25) is 0 Å². The van der Waals surface area contributed by atoms with E-state index in [1.165, 1.54) is 13.2 Å². The smallest absolute Gasteiger partial charge is 0.416 e. The number of benzene rings is 5. The van der Waals surface area contributed by atoms with Gasteiger partial charge in [0, 0.05) is 87.0 Å². The van der Waals surface area contributed by atoms with E-state index in [9.17, 15) is 48.3 Å². The van der Waals surface area contributed by atoms with Crippen LogP contribution in [-0.2, 0) is 53.1 Å². The lowest BCUT2D eigenvalue weighted by molar-refractivity contribution is -0.133. The fourth-order valence-corrected chi connectivity index (χ4v) is 14.1. The van der Waals surface area contributed by atoms with Crippen LogP contribution in [0.4, 0.5) is 21.9 Å². The van der Waals surface area contributed by atoms with E-state index in [4.69, 9.17) is 28.7 Å². The first-order valence-electron chi connectivity index (χ1n) is 34.4. The molecule has 0 unspecified atom stereocenters. The average molecular weight is 1350 g/mol. The number of nitrogens with zero attached hydrogens (tertiary/aromatic N) is 5. The number of hydrogen-bond donors (Lipinski definition) is 3. The van der Waals surface area contributed by atoms with E-state index in [1.807, 2.05) is 59.6 Å². The van der Waals surface area contributed by atoms with E-state index >= 15 is 0 Å². The lowest BCUT2D eigenvalue weighted by atomic mass is 9.89. The van der Waals surface area contributed by atoms with Crippen molar-refractivity contribution in [3.8, 4) is 34.8 Å². The number of aliphatic hydroxyl groups excluding tert-OH is 1. The Labute approximate surface area is 576 Å². The molecular weight excluding hydrogens is 1260 g/mol. The molecule has 3 N–H and O–H groups in total. The number of anilines is 2. The zero-order valence-electron chi connectivity index (χ0n) is 56.7. The molecule has 2 saturated heterocycles. The molecule has 99 heavy (non-hydrogen) atoms. The average Bonchev–Trinajstić information content (AvgIpc) is 1.58. The molecule has 2 saturated carbocycles. The zero-order valence-corrected chi connectivity index (χ0v) is 56.7. The maximum absolute atomic E-state index is 14.5. The molecule has 22 heteroatoms. The molecule has 6 amide bonds. The molecule has 5 aromatic rings. The van der Waals surface area contributed by atoms with Crippen molar-refractivity contribution in [1.82, 2.24) is 20.4 Å². The van der Waals surface area contributed by atoms with Crippen molar-refractivity contribution in [1.29, 1.82) is 0 Å². The highest BCUT2D eigenvalue weighted by atomic mass is 16.6. The quantitative estimate of drug-likeness (QED) is 0.0311. The lowest BCUT2D eigenvalue weighted by Crippen LogP contribution is -2.50. The van der Waals surface area contributed by atoms with Crippen LogP contribution in [0.15, 0.2) is 102 Å². The number of fused-ring (bicyclic) bond motifs is 6. The fourth-order valence-electron chi connectivity index (χ4n) is 14.1. The standard InChI is InChI=1S/C77H85N7O15/c1-47(2)57(34-56(86)42-79-69(88)25-23-55(85)24-26-70(89)81-43-53-15-8-7-13-51(53)21-22-52-14-9-10-16-61(52)81)71(90)80-48(3)64(87)33-49-17-19-50(20-18-49)44-99-75(94)84-62-38-68(66(96-5)36-59(62)73(92)83-46-77(29-30-77)40-63(83)74(84)93)98-32-12-6-11-31-97-67-37-60-58(35-65(67)95-4)72(91)82-45-76(27-28-76)39-54(82)41-78-60/h7-10,13-20,35-38,41,47-48,54,57,63,74,93H,6,11-12,23-34,39-40,42-46H2,1-5H3,(H,79,88)(H,80,90)/t48-,54-,57-,63-,74-/m0/s1. The van der Waals surface area contributed by atoms with Crippen LogP contribution in [0.1, 0.15) is 159 Å². The van der Waals surface area contributed by atoms with Gasteiger partial charge in [-0.05, 0) is 128 Å². The number of methoxy groups -OCH3 is 2. The lowest BCUT2D eigenvalue weighted by Gasteiger charge is -2.31. The highest BCUT2D eigenvalue weighted by Gasteiger charge is 2.58. The molecule has 0 radical (unpaired) electrons. The van der Waals surface area contributed by atoms with Crippen molar-refractivity contribution in [3.05, 3.63) is 136 Å². The molecule has 5 atom stereocenters. The van der Waals surface area contributed by atoms with Crippen molar-refractivity contribution in [3.63, 3.8) is 0 Å². The van der Waals surface area contributed by atoms with Gasteiger partial charge in [0.15, 0.2) is 40.8 Å². The summed E-state index contributed by atoms with van der Waals surface area (Å²) in [6, 6.07) is 26.7. The van der Waals surface area contributed by atoms with Gasteiger partial charge in [-0.25, -0.2) is 9.69 Å². The molecule has 22 nitrogen and oxygen atoms in total. The van der Waals surface area contributed by atoms with Crippen molar-refractivity contribution in [2.24, 2.45) is 27.7 Å². The Morgan fingerprint density at radius 2 is 1.30 bits per heavy atom. The van der Waals surface area contributed by atoms with Gasteiger partial charge in [0.25, 0.3) is 11.8 Å². The van der Waals surface area contributed by atoms with Crippen LogP contribution in [0.5, 0.6) is 23.0 Å². The SMILES string of the molecule is COc1cc2c(cc1OCCCCCOc1cc3c(cc1OC)C(=O)N1CC4(CC4)C[C@H]1[C@H](O)N3C(=O)OCc1ccc(CC(=O)[C@H](C)NC(=O)[C@@H](CC(=O)CNC(=O)CCC(=O)CCC(=O)N3Cc4ccccc4C#Cc4ccccc43)C(C)C)cc1)N=C[C@@H]1CC3(CC3)CN1C2=O. The Hall–Kier alpha value is -9.88. The van der Waals surface area contributed by atoms with E-state index in [0.717, 1.165) is 54.7 Å². The van der Waals surface area contributed by atoms with Crippen LogP contribution < -0.4 is 39.4 Å². The van der Waals surface area contributed by atoms with Crippen molar-refractivity contribution in [2.75, 3.05) is 56.9 Å². The predicted octanol–water partition coefficient (Wildman–Crippen LogP) is 9.55. The van der Waals surface area contributed by atoms with Gasteiger partial charge in [-0.1, -0.05) is 80.3 Å². The number of Topliss-reactive ketones (excluding diaryl/α,β-unsaturated/α-hetero) is 3. The number of aliphatic imine (C=N–C) groups is 1. The molecule has 5 aromatic carbocycles. The Morgan fingerprint density at radius 1 is 0.677 bits per heavy atom. The van der Waals surface area contributed by atoms with E-state index in [-0.39, 0.29) is 133 Å². The number of rotatable bonds is 28. The van der Waals surface area contributed by atoms with E-state index in [1.54, 1.807) is 80.1 Å².